The SMILES string of the molecule is CCOC(=O)[C@@H]1[C@H](C(=O)Nc2ccc(I)cc2)[C@@H]2C=C[C@H]1C21CC1. The third-order valence-electron chi connectivity index (χ3n) is 5.81. The van der Waals surface area contributed by atoms with Gasteiger partial charge in [0.1, 0.15) is 0 Å². The minimum absolute atomic E-state index is 0.0580. The fraction of sp³-hybridized carbons (Fsp3) is 0.474. The van der Waals surface area contributed by atoms with E-state index >= 15 is 0 Å². The van der Waals surface area contributed by atoms with Gasteiger partial charge in [0.05, 0.1) is 18.4 Å². The van der Waals surface area contributed by atoms with Crippen molar-refractivity contribution in [3.63, 3.8) is 0 Å². The first-order valence-electron chi connectivity index (χ1n) is 8.48. The molecule has 4 nitrogen and oxygen atoms in total. The molecule has 2 bridgehead atoms. The molecule has 0 saturated heterocycles. The van der Waals surface area contributed by atoms with E-state index < -0.39 is 0 Å². The predicted octanol–water partition coefficient (Wildman–Crippen LogP) is 3.62. The number of allylic oxidation sites excluding steroid dienone is 2. The molecule has 1 aromatic carbocycles. The zero-order chi connectivity index (χ0) is 16.9. The van der Waals surface area contributed by atoms with Crippen LogP contribution in [0.5, 0.6) is 0 Å². The van der Waals surface area contributed by atoms with Crippen LogP contribution in [0.4, 0.5) is 5.69 Å². The smallest absolute Gasteiger partial charge is 0.310 e. The Morgan fingerprint density at radius 2 is 1.79 bits per heavy atom. The lowest BCUT2D eigenvalue weighted by molar-refractivity contribution is -0.152. The summed E-state index contributed by atoms with van der Waals surface area (Å²) in [5.74, 6) is -0.609. The van der Waals surface area contributed by atoms with Gasteiger partial charge in [0.25, 0.3) is 0 Å². The number of anilines is 1. The first-order valence-corrected chi connectivity index (χ1v) is 9.56. The topological polar surface area (TPSA) is 55.4 Å². The van der Waals surface area contributed by atoms with Gasteiger partial charge < -0.3 is 10.1 Å². The fourth-order valence-corrected chi connectivity index (χ4v) is 5.03. The van der Waals surface area contributed by atoms with Crippen molar-refractivity contribution in [2.75, 3.05) is 11.9 Å². The molecule has 0 aliphatic heterocycles. The van der Waals surface area contributed by atoms with E-state index in [1.165, 1.54) is 0 Å². The van der Waals surface area contributed by atoms with E-state index in [0.29, 0.717) is 6.61 Å². The van der Waals surface area contributed by atoms with E-state index in [1.807, 2.05) is 31.2 Å². The first-order chi connectivity index (χ1) is 11.6. The van der Waals surface area contributed by atoms with Gasteiger partial charge in [0.2, 0.25) is 5.91 Å². The molecule has 4 atom stereocenters. The second-order valence-electron chi connectivity index (χ2n) is 6.97. The van der Waals surface area contributed by atoms with Crippen LogP contribution in [0.1, 0.15) is 19.8 Å². The molecule has 1 aromatic rings. The van der Waals surface area contributed by atoms with Gasteiger partial charge in [-0.05, 0) is 83.9 Å². The van der Waals surface area contributed by atoms with Crippen molar-refractivity contribution < 1.29 is 14.3 Å². The summed E-state index contributed by atoms with van der Waals surface area (Å²) in [6, 6.07) is 7.72. The molecule has 0 radical (unpaired) electrons. The van der Waals surface area contributed by atoms with Gasteiger partial charge in [0.15, 0.2) is 0 Å². The summed E-state index contributed by atoms with van der Waals surface area (Å²) < 4.78 is 6.41. The number of ether oxygens (including phenoxy) is 1. The van der Waals surface area contributed by atoms with Crippen LogP contribution >= 0.6 is 22.6 Å². The maximum atomic E-state index is 13.0. The number of halogens is 1. The maximum absolute atomic E-state index is 13.0. The van der Waals surface area contributed by atoms with E-state index in [9.17, 15) is 9.59 Å². The highest BCUT2D eigenvalue weighted by atomic mass is 127. The van der Waals surface area contributed by atoms with Gasteiger partial charge in [-0.25, -0.2) is 0 Å². The van der Waals surface area contributed by atoms with E-state index in [1.54, 1.807) is 0 Å². The lowest BCUT2D eigenvalue weighted by atomic mass is 9.82. The van der Waals surface area contributed by atoms with Gasteiger partial charge in [-0.15, -0.1) is 0 Å². The lowest BCUT2D eigenvalue weighted by Crippen LogP contribution is -2.37. The molecule has 24 heavy (non-hydrogen) atoms. The molecule has 0 unspecified atom stereocenters. The number of esters is 1. The molecule has 0 heterocycles. The summed E-state index contributed by atoms with van der Waals surface area (Å²) >= 11 is 2.23. The van der Waals surface area contributed by atoms with Crippen LogP contribution in [0, 0.1) is 32.7 Å². The minimum Gasteiger partial charge on any atom is -0.466 e. The summed E-state index contributed by atoms with van der Waals surface area (Å²) in [4.78, 5) is 25.5. The molecule has 1 spiro atoms. The van der Waals surface area contributed by atoms with Crippen LogP contribution in [-0.2, 0) is 14.3 Å². The van der Waals surface area contributed by atoms with Crippen LogP contribution in [0.2, 0.25) is 0 Å². The van der Waals surface area contributed by atoms with Crippen LogP contribution in [0.25, 0.3) is 0 Å². The number of hydrogen-bond donors (Lipinski definition) is 1. The summed E-state index contributed by atoms with van der Waals surface area (Å²) in [5, 5.41) is 3.00. The molecule has 126 valence electrons. The molecule has 4 rings (SSSR count). The number of nitrogens with one attached hydrogen (secondary N) is 1. The average molecular weight is 437 g/mol. The Morgan fingerprint density at radius 3 is 2.38 bits per heavy atom. The van der Waals surface area contributed by atoms with Crippen molar-refractivity contribution in [2.45, 2.75) is 19.8 Å². The number of carbonyl (C=O) groups excluding carboxylic acids is 2. The van der Waals surface area contributed by atoms with Crippen LogP contribution in [0.3, 0.4) is 0 Å². The highest BCUT2D eigenvalue weighted by Gasteiger charge is 2.70. The molecule has 2 saturated carbocycles. The van der Waals surface area contributed by atoms with Crippen molar-refractivity contribution in [3.05, 3.63) is 40.0 Å². The molecule has 0 aromatic heterocycles. The molecule has 3 aliphatic rings. The Labute approximate surface area is 155 Å². The number of carbonyl (C=O) groups is 2. The third kappa shape index (κ3) is 2.39. The van der Waals surface area contributed by atoms with E-state index in [4.69, 9.17) is 4.74 Å². The van der Waals surface area contributed by atoms with E-state index in [2.05, 4.69) is 40.1 Å². The summed E-state index contributed by atoms with van der Waals surface area (Å²) in [6.45, 7) is 2.17. The number of hydrogen-bond acceptors (Lipinski definition) is 3. The normalized spacial score (nSPS) is 31.2. The zero-order valence-electron chi connectivity index (χ0n) is 13.5. The van der Waals surface area contributed by atoms with Crippen molar-refractivity contribution in [3.8, 4) is 0 Å². The van der Waals surface area contributed by atoms with Crippen molar-refractivity contribution in [1.82, 2.24) is 0 Å². The Bertz CT molecular complexity index is 708. The molecule has 1 N–H and O–H groups in total. The summed E-state index contributed by atoms with van der Waals surface area (Å²) in [6.07, 6.45) is 6.52. The number of amides is 1. The number of benzene rings is 1. The third-order valence-corrected chi connectivity index (χ3v) is 6.53. The quantitative estimate of drug-likeness (QED) is 0.445. The first kappa shape index (κ1) is 16.1. The van der Waals surface area contributed by atoms with E-state index in [-0.39, 0.29) is 41.0 Å². The highest BCUT2D eigenvalue weighted by molar-refractivity contribution is 14.1. The van der Waals surface area contributed by atoms with Gasteiger partial charge in [-0.2, -0.15) is 0 Å². The predicted molar refractivity (Wildman–Crippen MR) is 99.2 cm³/mol. The molecular weight excluding hydrogens is 417 g/mol. The largest absolute Gasteiger partial charge is 0.466 e. The Kier molecular flexibility index (Phi) is 3.94. The van der Waals surface area contributed by atoms with Gasteiger partial charge in [-0.1, -0.05) is 12.2 Å². The van der Waals surface area contributed by atoms with Crippen LogP contribution in [-0.4, -0.2) is 18.5 Å². The van der Waals surface area contributed by atoms with Crippen LogP contribution < -0.4 is 5.32 Å². The van der Waals surface area contributed by atoms with Crippen molar-refractivity contribution in [1.29, 1.82) is 0 Å². The highest BCUT2D eigenvalue weighted by Crippen LogP contribution is 2.72. The monoisotopic (exact) mass is 437 g/mol. The van der Waals surface area contributed by atoms with Crippen LogP contribution in [0.15, 0.2) is 36.4 Å². The Balaban J connectivity index is 1.59. The molecule has 1 amide bonds. The minimum atomic E-state index is -0.341. The second kappa shape index (κ2) is 5.86. The fourth-order valence-electron chi connectivity index (χ4n) is 4.67. The average Bonchev–Trinajstić information content (AvgIpc) is 3.23. The standard InChI is InChI=1S/C19H20INO3/c1-2-24-18(23)16-14-8-7-13(19(14)9-10-19)15(16)17(22)21-12-5-3-11(20)4-6-12/h3-8,13-16H,2,9-10H2,1H3,(H,21,22)/t13-,14+,15+,16-/m0/s1. The Morgan fingerprint density at radius 1 is 1.17 bits per heavy atom. The summed E-state index contributed by atoms with van der Waals surface area (Å²) in [5.41, 5.74) is 0.922. The molecule has 3 aliphatic carbocycles. The maximum Gasteiger partial charge on any atom is 0.310 e. The van der Waals surface area contributed by atoms with Gasteiger partial charge >= 0.3 is 5.97 Å². The van der Waals surface area contributed by atoms with Crippen molar-refractivity contribution >= 4 is 40.2 Å². The van der Waals surface area contributed by atoms with E-state index in [0.717, 1.165) is 22.1 Å². The zero-order valence-corrected chi connectivity index (χ0v) is 15.7. The van der Waals surface area contributed by atoms with Gasteiger partial charge in [0, 0.05) is 9.26 Å². The Hall–Kier alpha value is -1.37. The van der Waals surface area contributed by atoms with Crippen molar-refractivity contribution in [2.24, 2.45) is 29.1 Å². The van der Waals surface area contributed by atoms with Gasteiger partial charge in [-0.3, -0.25) is 9.59 Å². The summed E-state index contributed by atoms with van der Waals surface area (Å²) in [7, 11) is 0. The lowest BCUT2D eigenvalue weighted by Gasteiger charge is -2.25. The molecule has 5 heteroatoms. The molecule has 2 fully saturated rings. The molecular formula is C19H20INO3. The second-order valence-corrected chi connectivity index (χ2v) is 8.22. The number of rotatable bonds is 4.